The van der Waals surface area contributed by atoms with Crippen molar-refractivity contribution in [2.75, 3.05) is 5.32 Å². The lowest BCUT2D eigenvalue weighted by Crippen LogP contribution is -2.14. The number of rotatable bonds is 8. The molecule has 0 radical (unpaired) electrons. The van der Waals surface area contributed by atoms with E-state index in [2.05, 4.69) is 15.5 Å². The van der Waals surface area contributed by atoms with Gasteiger partial charge in [-0.2, -0.15) is 5.10 Å². The highest BCUT2D eigenvalue weighted by molar-refractivity contribution is 7.14. The topological polar surface area (TPSA) is 91.9 Å². The van der Waals surface area contributed by atoms with Crippen molar-refractivity contribution in [2.24, 2.45) is 0 Å². The Labute approximate surface area is 131 Å². The van der Waals surface area contributed by atoms with Crippen LogP contribution in [-0.4, -0.2) is 27.7 Å². The number of hydrogen-bond acceptors (Lipinski definition) is 5. The number of hydrogen-bond donors (Lipinski definition) is 2. The number of aromatic nitrogens is 2. The largest absolute Gasteiger partial charge is 0.311 e. The second kappa shape index (κ2) is 7.65. The molecule has 0 aliphatic carbocycles. The van der Waals surface area contributed by atoms with E-state index in [1.165, 1.54) is 17.5 Å². The maximum atomic E-state index is 11.9. The predicted molar refractivity (Wildman–Crippen MR) is 84.1 cm³/mol. The molecule has 2 aromatic heterocycles. The zero-order valence-corrected chi connectivity index (χ0v) is 13.0. The fourth-order valence-electron chi connectivity index (χ4n) is 1.88. The van der Waals surface area contributed by atoms with Gasteiger partial charge in [0, 0.05) is 36.6 Å². The lowest BCUT2D eigenvalue weighted by Gasteiger charge is -2.02. The monoisotopic (exact) mass is 319 g/mol. The van der Waals surface area contributed by atoms with Gasteiger partial charge in [-0.05, 0) is 19.1 Å². The first-order valence-corrected chi connectivity index (χ1v) is 7.77. The van der Waals surface area contributed by atoms with Crippen LogP contribution in [0.5, 0.6) is 0 Å². The van der Waals surface area contributed by atoms with E-state index >= 15 is 0 Å². The number of ketones is 2. The molecule has 0 unspecified atom stereocenters. The Bertz CT molecular complexity index is 661. The molecule has 2 aromatic rings. The maximum Gasteiger partial charge on any atom is 0.225 e. The van der Waals surface area contributed by atoms with Gasteiger partial charge in [-0.15, -0.1) is 11.3 Å². The van der Waals surface area contributed by atoms with Gasteiger partial charge in [0.2, 0.25) is 5.91 Å². The molecule has 116 valence electrons. The van der Waals surface area contributed by atoms with Crippen LogP contribution in [0.15, 0.2) is 24.4 Å². The van der Waals surface area contributed by atoms with Crippen molar-refractivity contribution >= 4 is 34.6 Å². The Balaban J connectivity index is 1.67. The van der Waals surface area contributed by atoms with Crippen molar-refractivity contribution in [3.8, 4) is 0 Å². The molecule has 0 fully saturated rings. The Morgan fingerprint density at radius 2 is 1.91 bits per heavy atom. The third-order valence-corrected chi connectivity index (χ3v) is 4.09. The van der Waals surface area contributed by atoms with E-state index in [4.69, 9.17) is 0 Å². The molecule has 2 rings (SSSR count). The molecule has 0 saturated heterocycles. The zero-order valence-electron chi connectivity index (χ0n) is 12.2. The molecular weight excluding hydrogens is 302 g/mol. The minimum Gasteiger partial charge on any atom is -0.311 e. The molecule has 22 heavy (non-hydrogen) atoms. The fourth-order valence-corrected chi connectivity index (χ4v) is 2.71. The quantitative estimate of drug-likeness (QED) is 0.732. The molecule has 2 heterocycles. The molecule has 6 nitrogen and oxygen atoms in total. The number of carbonyl (C=O) groups is 3. The van der Waals surface area contributed by atoms with Gasteiger partial charge in [0.05, 0.1) is 11.1 Å². The average molecular weight is 319 g/mol. The van der Waals surface area contributed by atoms with Crippen molar-refractivity contribution in [3.05, 3.63) is 34.2 Å². The molecule has 0 spiro atoms. The third kappa shape index (κ3) is 4.92. The number of thiophene rings is 1. The van der Waals surface area contributed by atoms with E-state index in [1.54, 1.807) is 12.1 Å². The summed E-state index contributed by atoms with van der Waals surface area (Å²) >= 11 is 1.43. The number of aryl methyl sites for hydroxylation is 1. The second-order valence-corrected chi connectivity index (χ2v) is 6.18. The standard InChI is InChI=1S/C15H17N3O3S/c1-10-2-6-13(22-10)12(20)5-3-11(19)4-7-15(21)17-14-8-9-16-18-14/h2,6,8-9H,3-5,7H2,1H3,(H2,16,17,18,21). The number of aromatic amines is 1. The zero-order chi connectivity index (χ0) is 15.9. The minimum absolute atomic E-state index is 0.0200. The SMILES string of the molecule is Cc1ccc(C(=O)CCC(=O)CCC(=O)Nc2ccn[nH]2)s1. The van der Waals surface area contributed by atoms with Crippen LogP contribution in [0.3, 0.4) is 0 Å². The Kier molecular flexibility index (Phi) is 5.60. The van der Waals surface area contributed by atoms with Gasteiger partial charge in [0.25, 0.3) is 0 Å². The molecule has 0 aliphatic heterocycles. The summed E-state index contributed by atoms with van der Waals surface area (Å²) < 4.78 is 0. The lowest BCUT2D eigenvalue weighted by atomic mass is 10.1. The van der Waals surface area contributed by atoms with E-state index in [1.807, 2.05) is 13.0 Å². The van der Waals surface area contributed by atoms with Gasteiger partial charge in [-0.3, -0.25) is 19.5 Å². The van der Waals surface area contributed by atoms with Crippen molar-refractivity contribution in [1.82, 2.24) is 10.2 Å². The molecule has 7 heteroatoms. The van der Waals surface area contributed by atoms with Gasteiger partial charge in [0.1, 0.15) is 11.6 Å². The summed E-state index contributed by atoms with van der Waals surface area (Å²) in [7, 11) is 0. The molecule has 0 aromatic carbocycles. The van der Waals surface area contributed by atoms with Gasteiger partial charge >= 0.3 is 0 Å². The summed E-state index contributed by atoms with van der Waals surface area (Å²) in [6, 6.07) is 5.30. The van der Waals surface area contributed by atoms with Gasteiger partial charge in [-0.1, -0.05) is 0 Å². The maximum absolute atomic E-state index is 11.9. The molecule has 0 saturated carbocycles. The van der Waals surface area contributed by atoms with Crippen LogP contribution < -0.4 is 5.32 Å². The first kappa shape index (κ1) is 16.1. The van der Waals surface area contributed by atoms with Gasteiger partial charge < -0.3 is 5.32 Å². The number of H-pyrrole nitrogens is 1. The molecular formula is C15H17N3O3S. The summed E-state index contributed by atoms with van der Waals surface area (Å²) in [5.41, 5.74) is 0. The molecule has 1 amide bonds. The normalized spacial score (nSPS) is 10.4. The van der Waals surface area contributed by atoms with E-state index < -0.39 is 0 Å². The number of carbonyl (C=O) groups excluding carboxylic acids is 3. The fraction of sp³-hybridized carbons (Fsp3) is 0.333. The second-order valence-electron chi connectivity index (χ2n) is 4.89. The highest BCUT2D eigenvalue weighted by Gasteiger charge is 2.12. The summed E-state index contributed by atoms with van der Waals surface area (Å²) in [6.07, 6.45) is 2.13. The number of nitrogens with one attached hydrogen (secondary N) is 2. The van der Waals surface area contributed by atoms with Crippen LogP contribution in [0.4, 0.5) is 5.82 Å². The summed E-state index contributed by atoms with van der Waals surface area (Å²) in [5, 5.41) is 8.91. The van der Waals surface area contributed by atoms with Crippen LogP contribution in [0, 0.1) is 6.92 Å². The average Bonchev–Trinajstić information content (AvgIpc) is 3.14. The van der Waals surface area contributed by atoms with E-state index in [9.17, 15) is 14.4 Å². The van der Waals surface area contributed by atoms with E-state index in [0.29, 0.717) is 10.7 Å². The summed E-state index contributed by atoms with van der Waals surface area (Å²) in [6.45, 7) is 1.94. The molecule has 0 bridgehead atoms. The number of amides is 1. The summed E-state index contributed by atoms with van der Waals surface area (Å²) in [5.74, 6) is 0.147. The lowest BCUT2D eigenvalue weighted by molar-refractivity contribution is -0.122. The predicted octanol–water partition coefficient (Wildman–Crippen LogP) is 2.73. The van der Waals surface area contributed by atoms with Crippen LogP contribution in [-0.2, 0) is 9.59 Å². The van der Waals surface area contributed by atoms with Crippen LogP contribution in [0.2, 0.25) is 0 Å². The molecule has 0 atom stereocenters. The van der Waals surface area contributed by atoms with Gasteiger partial charge in [0.15, 0.2) is 5.78 Å². The Hall–Kier alpha value is -2.28. The van der Waals surface area contributed by atoms with Crippen molar-refractivity contribution in [3.63, 3.8) is 0 Å². The highest BCUT2D eigenvalue weighted by atomic mass is 32.1. The number of Topliss-reactive ketones (excluding diaryl/α,β-unsaturated/α-hetero) is 2. The Morgan fingerprint density at radius 3 is 2.55 bits per heavy atom. The minimum atomic E-state index is -0.252. The van der Waals surface area contributed by atoms with Crippen molar-refractivity contribution < 1.29 is 14.4 Å². The molecule has 0 aliphatic rings. The van der Waals surface area contributed by atoms with Crippen molar-refractivity contribution in [1.29, 1.82) is 0 Å². The summed E-state index contributed by atoms with van der Waals surface area (Å²) in [4.78, 5) is 37.0. The van der Waals surface area contributed by atoms with E-state index in [-0.39, 0.29) is 43.2 Å². The van der Waals surface area contributed by atoms with Crippen LogP contribution in [0.25, 0.3) is 0 Å². The van der Waals surface area contributed by atoms with Crippen molar-refractivity contribution in [2.45, 2.75) is 32.6 Å². The first-order chi connectivity index (χ1) is 10.5. The first-order valence-electron chi connectivity index (χ1n) is 6.95. The number of anilines is 1. The third-order valence-electron chi connectivity index (χ3n) is 3.05. The smallest absolute Gasteiger partial charge is 0.225 e. The number of nitrogens with zero attached hydrogens (tertiary/aromatic N) is 1. The molecule has 2 N–H and O–H groups in total. The van der Waals surface area contributed by atoms with Crippen LogP contribution in [0.1, 0.15) is 40.2 Å². The Morgan fingerprint density at radius 1 is 1.14 bits per heavy atom. The highest BCUT2D eigenvalue weighted by Crippen LogP contribution is 2.17. The van der Waals surface area contributed by atoms with Crippen LogP contribution >= 0.6 is 11.3 Å². The van der Waals surface area contributed by atoms with Gasteiger partial charge in [-0.25, -0.2) is 0 Å². The van der Waals surface area contributed by atoms with E-state index in [0.717, 1.165) is 4.88 Å².